The lowest BCUT2D eigenvalue weighted by molar-refractivity contribution is 0.244. The maximum Gasteiger partial charge on any atom is 0.144 e. The Morgan fingerprint density at radius 1 is 0.923 bits per heavy atom. The van der Waals surface area contributed by atoms with Crippen molar-refractivity contribution in [1.82, 2.24) is 0 Å². The Hall–Kier alpha value is 0.830. The average Bonchev–Trinajstić information content (AvgIpc) is 2.10. The van der Waals surface area contributed by atoms with E-state index in [1.165, 1.54) is 12.8 Å². The minimum atomic E-state index is -0.912. The Kier molecular flexibility index (Phi) is 9.99. The Morgan fingerprint density at radius 3 is 2.00 bits per heavy atom. The number of rotatable bonds is 8. The van der Waals surface area contributed by atoms with Crippen LogP contribution >= 0.6 is 34.8 Å². The van der Waals surface area contributed by atoms with Crippen LogP contribution in [0.5, 0.6) is 0 Å². The molecule has 2 atom stereocenters. The highest BCUT2D eigenvalue weighted by Crippen LogP contribution is 2.16. The van der Waals surface area contributed by atoms with E-state index in [1.54, 1.807) is 0 Å². The summed E-state index contributed by atoms with van der Waals surface area (Å²) in [6.07, 6.45) is 6.41. The summed E-state index contributed by atoms with van der Waals surface area (Å²) in [6.45, 7) is 0. The molecule has 0 aliphatic heterocycles. The van der Waals surface area contributed by atoms with Crippen molar-refractivity contribution in [1.29, 1.82) is 0 Å². The van der Waals surface area contributed by atoms with E-state index in [1.807, 2.05) is 0 Å². The van der Waals surface area contributed by atoms with Crippen molar-refractivity contribution >= 4 is 34.8 Å². The first-order valence-corrected chi connectivity index (χ1v) is 6.11. The fourth-order valence-corrected chi connectivity index (χ4v) is 1.57. The number of hydrogen-bond donors (Lipinski definition) is 1. The molecule has 0 aliphatic carbocycles. The molecular formula is C9H17Cl3O. The standard InChI is InChI=1S/C9H17Cl3O/c10-7-5-3-1-2-4-6-8(11)9(12)13/h8-9,13H,1-7H2. The summed E-state index contributed by atoms with van der Waals surface area (Å²) in [4.78, 5) is 0. The molecule has 0 aromatic carbocycles. The van der Waals surface area contributed by atoms with E-state index >= 15 is 0 Å². The van der Waals surface area contributed by atoms with Crippen molar-refractivity contribution in [2.24, 2.45) is 0 Å². The van der Waals surface area contributed by atoms with Crippen molar-refractivity contribution in [2.45, 2.75) is 49.5 Å². The zero-order valence-corrected chi connectivity index (χ0v) is 9.95. The second kappa shape index (κ2) is 9.39. The number of hydrogen-bond acceptors (Lipinski definition) is 1. The molecule has 1 N–H and O–H groups in total. The molecule has 0 aliphatic rings. The first-order chi connectivity index (χ1) is 6.18. The van der Waals surface area contributed by atoms with Crippen LogP contribution in [-0.2, 0) is 0 Å². The molecule has 0 rings (SSSR count). The molecule has 0 aromatic heterocycles. The topological polar surface area (TPSA) is 20.2 Å². The van der Waals surface area contributed by atoms with Gasteiger partial charge in [0.05, 0.1) is 5.38 Å². The van der Waals surface area contributed by atoms with Gasteiger partial charge in [-0.3, -0.25) is 0 Å². The lowest BCUT2D eigenvalue weighted by atomic mass is 10.1. The second-order valence-electron chi connectivity index (χ2n) is 3.13. The molecule has 0 aromatic rings. The third kappa shape index (κ3) is 9.14. The molecule has 1 nitrogen and oxygen atoms in total. The van der Waals surface area contributed by atoms with Gasteiger partial charge >= 0.3 is 0 Å². The van der Waals surface area contributed by atoms with Crippen molar-refractivity contribution in [3.63, 3.8) is 0 Å². The van der Waals surface area contributed by atoms with E-state index < -0.39 is 5.56 Å². The summed E-state index contributed by atoms with van der Waals surface area (Å²) in [5.41, 5.74) is -0.912. The molecule has 0 bridgehead atoms. The van der Waals surface area contributed by atoms with E-state index in [0.717, 1.165) is 31.6 Å². The molecule has 0 heterocycles. The highest BCUT2D eigenvalue weighted by molar-refractivity contribution is 6.29. The third-order valence-corrected chi connectivity index (χ3v) is 3.07. The van der Waals surface area contributed by atoms with Crippen LogP contribution in [0.15, 0.2) is 0 Å². The highest BCUT2D eigenvalue weighted by Gasteiger charge is 2.11. The number of aliphatic hydroxyl groups excluding tert-OH is 1. The minimum Gasteiger partial charge on any atom is -0.376 e. The van der Waals surface area contributed by atoms with Gasteiger partial charge in [-0.05, 0) is 12.8 Å². The first-order valence-electron chi connectivity index (χ1n) is 4.70. The predicted molar refractivity (Wildman–Crippen MR) is 59.9 cm³/mol. The molecule has 0 fully saturated rings. The van der Waals surface area contributed by atoms with E-state index in [-0.39, 0.29) is 5.38 Å². The molecular weight excluding hydrogens is 230 g/mol. The lowest BCUT2D eigenvalue weighted by Crippen LogP contribution is -2.13. The third-order valence-electron chi connectivity index (χ3n) is 1.91. The van der Waals surface area contributed by atoms with Crippen LogP contribution in [0.4, 0.5) is 0 Å². The maximum atomic E-state index is 8.88. The van der Waals surface area contributed by atoms with Gasteiger partial charge in [0.15, 0.2) is 0 Å². The van der Waals surface area contributed by atoms with Gasteiger partial charge in [0.2, 0.25) is 0 Å². The van der Waals surface area contributed by atoms with Gasteiger partial charge in [-0.25, -0.2) is 0 Å². The van der Waals surface area contributed by atoms with Crippen molar-refractivity contribution in [3.8, 4) is 0 Å². The fourth-order valence-electron chi connectivity index (χ4n) is 1.10. The van der Waals surface area contributed by atoms with Crippen LogP contribution in [0, 0.1) is 0 Å². The van der Waals surface area contributed by atoms with Gasteiger partial charge in [0, 0.05) is 5.88 Å². The van der Waals surface area contributed by atoms with Crippen molar-refractivity contribution in [2.75, 3.05) is 5.88 Å². The summed E-state index contributed by atoms with van der Waals surface area (Å²) in [5.74, 6) is 0.749. The molecule has 0 saturated carbocycles. The number of alkyl halides is 3. The molecule has 13 heavy (non-hydrogen) atoms. The largest absolute Gasteiger partial charge is 0.376 e. The SMILES string of the molecule is OC(Cl)C(Cl)CCCCCCCCl. The molecule has 0 spiro atoms. The summed E-state index contributed by atoms with van der Waals surface area (Å²) in [5, 5.41) is 8.57. The van der Waals surface area contributed by atoms with Crippen LogP contribution in [0.25, 0.3) is 0 Å². The van der Waals surface area contributed by atoms with Gasteiger partial charge in [-0.1, -0.05) is 37.3 Å². The van der Waals surface area contributed by atoms with Gasteiger partial charge in [0.1, 0.15) is 5.56 Å². The smallest absolute Gasteiger partial charge is 0.144 e. The maximum absolute atomic E-state index is 8.88. The average molecular weight is 248 g/mol. The second-order valence-corrected chi connectivity index (χ2v) is 4.52. The Labute approximate surface area is 95.4 Å². The highest BCUT2D eigenvalue weighted by atomic mass is 35.5. The van der Waals surface area contributed by atoms with E-state index in [9.17, 15) is 0 Å². The number of unbranched alkanes of at least 4 members (excludes halogenated alkanes) is 4. The minimum absolute atomic E-state index is 0.310. The molecule has 0 saturated heterocycles. The van der Waals surface area contributed by atoms with E-state index in [0.29, 0.717) is 0 Å². The quantitative estimate of drug-likeness (QED) is 0.512. The van der Waals surface area contributed by atoms with Crippen LogP contribution in [-0.4, -0.2) is 21.9 Å². The van der Waals surface area contributed by atoms with E-state index in [4.69, 9.17) is 39.9 Å². The summed E-state index contributed by atoms with van der Waals surface area (Å²) in [6, 6.07) is 0. The predicted octanol–water partition coefficient (Wildman–Crippen LogP) is 3.73. The molecule has 0 amide bonds. The lowest BCUT2D eigenvalue weighted by Gasteiger charge is -2.09. The van der Waals surface area contributed by atoms with Gasteiger partial charge in [0.25, 0.3) is 0 Å². The summed E-state index contributed by atoms with van der Waals surface area (Å²) in [7, 11) is 0. The van der Waals surface area contributed by atoms with Crippen molar-refractivity contribution in [3.05, 3.63) is 0 Å². The Bertz CT molecular complexity index is 109. The molecule has 4 heteroatoms. The fraction of sp³-hybridized carbons (Fsp3) is 1.00. The zero-order valence-electron chi connectivity index (χ0n) is 7.69. The van der Waals surface area contributed by atoms with Gasteiger partial charge in [-0.15, -0.1) is 23.2 Å². The summed E-state index contributed by atoms with van der Waals surface area (Å²) < 4.78 is 0. The van der Waals surface area contributed by atoms with Gasteiger partial charge in [-0.2, -0.15) is 0 Å². The molecule has 80 valence electrons. The Balaban J connectivity index is 3.07. The zero-order chi connectivity index (χ0) is 10.1. The van der Waals surface area contributed by atoms with Crippen molar-refractivity contribution < 1.29 is 5.11 Å². The van der Waals surface area contributed by atoms with Gasteiger partial charge < -0.3 is 5.11 Å². The normalized spacial score (nSPS) is 15.7. The van der Waals surface area contributed by atoms with Crippen LogP contribution in [0.1, 0.15) is 38.5 Å². The summed E-state index contributed by atoms with van der Waals surface area (Å²) >= 11 is 16.7. The van der Waals surface area contributed by atoms with Crippen LogP contribution in [0.3, 0.4) is 0 Å². The number of halogens is 3. The molecule has 0 radical (unpaired) electrons. The van der Waals surface area contributed by atoms with Crippen LogP contribution in [0.2, 0.25) is 0 Å². The monoisotopic (exact) mass is 246 g/mol. The van der Waals surface area contributed by atoms with Crippen LogP contribution < -0.4 is 0 Å². The van der Waals surface area contributed by atoms with E-state index in [2.05, 4.69) is 0 Å². The number of aliphatic hydroxyl groups is 1. The Morgan fingerprint density at radius 2 is 1.46 bits per heavy atom. The first kappa shape index (κ1) is 13.8. The molecule has 2 unspecified atom stereocenters.